The van der Waals surface area contributed by atoms with Crippen LogP contribution in [-0.2, 0) is 4.74 Å². The summed E-state index contributed by atoms with van der Waals surface area (Å²) in [7, 11) is 1.66. The van der Waals surface area contributed by atoms with Gasteiger partial charge in [0, 0.05) is 26.0 Å². The summed E-state index contributed by atoms with van der Waals surface area (Å²) >= 11 is 0. The largest absolute Gasteiger partial charge is 0.383 e. The Morgan fingerprint density at radius 3 is 2.75 bits per heavy atom. The van der Waals surface area contributed by atoms with Crippen molar-refractivity contribution in [2.45, 2.75) is 19.9 Å². The van der Waals surface area contributed by atoms with Crippen molar-refractivity contribution < 1.29 is 4.74 Å². The molecular formula is C11H16N4O. The minimum Gasteiger partial charge on any atom is -0.383 e. The van der Waals surface area contributed by atoms with E-state index in [2.05, 4.69) is 16.0 Å². The van der Waals surface area contributed by atoms with Crippen molar-refractivity contribution in [1.29, 1.82) is 5.26 Å². The minimum atomic E-state index is 0.166. The van der Waals surface area contributed by atoms with Gasteiger partial charge in [-0.1, -0.05) is 0 Å². The van der Waals surface area contributed by atoms with Gasteiger partial charge in [-0.05, 0) is 13.8 Å². The number of nitriles is 1. The number of hydrogen-bond donors (Lipinski definition) is 0. The fourth-order valence-corrected chi connectivity index (χ4v) is 1.62. The first-order chi connectivity index (χ1) is 7.74. The molecule has 0 aliphatic rings. The number of hydrogen-bond acceptors (Lipinski definition) is 5. The minimum absolute atomic E-state index is 0.166. The van der Waals surface area contributed by atoms with E-state index in [1.165, 1.54) is 6.20 Å². The zero-order chi connectivity index (χ0) is 12.0. The summed E-state index contributed by atoms with van der Waals surface area (Å²) in [6.45, 7) is 5.40. The molecule has 5 nitrogen and oxygen atoms in total. The second-order valence-electron chi connectivity index (χ2n) is 3.43. The standard InChI is InChI=1S/C11H16N4O/c1-4-15(9(2)8-16-3)11-10(7-12)13-5-6-14-11/h5-6,9H,4,8H2,1-3H3. The highest BCUT2D eigenvalue weighted by Gasteiger charge is 2.17. The molecule has 0 saturated heterocycles. The molecule has 0 fully saturated rings. The molecule has 1 rings (SSSR count). The van der Waals surface area contributed by atoms with Gasteiger partial charge in [0.2, 0.25) is 0 Å². The summed E-state index contributed by atoms with van der Waals surface area (Å²) in [5, 5.41) is 8.96. The van der Waals surface area contributed by atoms with E-state index in [9.17, 15) is 0 Å². The number of rotatable bonds is 5. The monoisotopic (exact) mass is 220 g/mol. The Bertz CT molecular complexity index is 374. The van der Waals surface area contributed by atoms with Crippen molar-refractivity contribution in [3.05, 3.63) is 18.1 Å². The Kier molecular flexibility index (Phi) is 4.67. The van der Waals surface area contributed by atoms with Gasteiger partial charge in [-0.25, -0.2) is 9.97 Å². The Morgan fingerprint density at radius 2 is 2.19 bits per heavy atom. The molecule has 0 aromatic carbocycles. The zero-order valence-corrected chi connectivity index (χ0v) is 9.84. The highest BCUT2D eigenvalue weighted by atomic mass is 16.5. The lowest BCUT2D eigenvalue weighted by atomic mass is 10.2. The molecule has 5 heteroatoms. The highest BCUT2D eigenvalue weighted by molar-refractivity contribution is 5.50. The second kappa shape index (κ2) is 6.03. The maximum atomic E-state index is 8.96. The molecular weight excluding hydrogens is 204 g/mol. The van der Waals surface area contributed by atoms with Crippen LogP contribution in [0, 0.1) is 11.3 Å². The van der Waals surface area contributed by atoms with Gasteiger partial charge in [0.1, 0.15) is 6.07 Å². The van der Waals surface area contributed by atoms with E-state index in [1.54, 1.807) is 13.3 Å². The van der Waals surface area contributed by atoms with Crippen LogP contribution in [-0.4, -0.2) is 36.3 Å². The first-order valence-corrected chi connectivity index (χ1v) is 5.21. The molecule has 1 aromatic heterocycles. The van der Waals surface area contributed by atoms with Gasteiger partial charge < -0.3 is 9.64 Å². The fourth-order valence-electron chi connectivity index (χ4n) is 1.62. The summed E-state index contributed by atoms with van der Waals surface area (Å²) in [6.07, 6.45) is 3.12. The van der Waals surface area contributed by atoms with Crippen LogP contribution in [0.3, 0.4) is 0 Å². The van der Waals surface area contributed by atoms with Gasteiger partial charge in [0.05, 0.1) is 12.6 Å². The quantitative estimate of drug-likeness (QED) is 0.746. The topological polar surface area (TPSA) is 62.0 Å². The fraction of sp³-hybridized carbons (Fsp3) is 0.545. The van der Waals surface area contributed by atoms with E-state index in [-0.39, 0.29) is 6.04 Å². The van der Waals surface area contributed by atoms with Crippen LogP contribution >= 0.6 is 0 Å². The Morgan fingerprint density at radius 1 is 1.50 bits per heavy atom. The molecule has 0 aliphatic carbocycles. The van der Waals surface area contributed by atoms with E-state index in [1.807, 2.05) is 18.7 Å². The molecule has 1 atom stereocenters. The van der Waals surface area contributed by atoms with Crippen LogP contribution < -0.4 is 4.90 Å². The van der Waals surface area contributed by atoms with E-state index in [4.69, 9.17) is 10.00 Å². The lowest BCUT2D eigenvalue weighted by Gasteiger charge is -2.28. The summed E-state index contributed by atoms with van der Waals surface area (Å²) in [4.78, 5) is 10.2. The van der Waals surface area contributed by atoms with Gasteiger partial charge in [-0.15, -0.1) is 0 Å². The maximum absolute atomic E-state index is 8.96. The number of likely N-dealkylation sites (N-methyl/N-ethyl adjacent to an activating group) is 1. The van der Waals surface area contributed by atoms with Gasteiger partial charge in [-0.2, -0.15) is 5.26 Å². The summed E-state index contributed by atoms with van der Waals surface area (Å²) < 4.78 is 5.11. The maximum Gasteiger partial charge on any atom is 0.183 e. The van der Waals surface area contributed by atoms with Crippen molar-refractivity contribution >= 4 is 5.82 Å². The van der Waals surface area contributed by atoms with Crippen molar-refractivity contribution in [2.24, 2.45) is 0 Å². The molecule has 0 spiro atoms. The molecule has 0 radical (unpaired) electrons. The SMILES string of the molecule is CCN(c1nccnc1C#N)C(C)COC. The molecule has 0 amide bonds. The first-order valence-electron chi connectivity index (χ1n) is 5.21. The average molecular weight is 220 g/mol. The molecule has 1 heterocycles. The number of methoxy groups -OCH3 is 1. The van der Waals surface area contributed by atoms with Gasteiger partial charge >= 0.3 is 0 Å². The van der Waals surface area contributed by atoms with Crippen molar-refractivity contribution in [3.63, 3.8) is 0 Å². The lowest BCUT2D eigenvalue weighted by molar-refractivity contribution is 0.181. The third-order valence-electron chi connectivity index (χ3n) is 2.34. The summed E-state index contributed by atoms with van der Waals surface area (Å²) in [5.74, 6) is 0.622. The predicted octanol–water partition coefficient (Wildman–Crippen LogP) is 1.21. The lowest BCUT2D eigenvalue weighted by Crippen LogP contribution is -2.37. The molecule has 0 N–H and O–H groups in total. The summed E-state index contributed by atoms with van der Waals surface area (Å²) in [5.41, 5.74) is 0.354. The smallest absolute Gasteiger partial charge is 0.183 e. The molecule has 0 aliphatic heterocycles. The highest BCUT2D eigenvalue weighted by Crippen LogP contribution is 2.16. The van der Waals surface area contributed by atoms with Gasteiger partial charge in [0.15, 0.2) is 11.5 Å². The molecule has 16 heavy (non-hydrogen) atoms. The van der Waals surface area contributed by atoms with Crippen LogP contribution in [0.15, 0.2) is 12.4 Å². The molecule has 86 valence electrons. The molecule has 1 unspecified atom stereocenters. The van der Waals surface area contributed by atoms with Crippen LogP contribution in [0.1, 0.15) is 19.5 Å². The summed E-state index contributed by atoms with van der Waals surface area (Å²) in [6, 6.07) is 2.22. The normalized spacial score (nSPS) is 11.9. The molecule has 1 aromatic rings. The number of aromatic nitrogens is 2. The third kappa shape index (κ3) is 2.67. The Hall–Kier alpha value is -1.67. The van der Waals surface area contributed by atoms with Crippen LogP contribution in [0.25, 0.3) is 0 Å². The number of nitrogens with zero attached hydrogens (tertiary/aromatic N) is 4. The van der Waals surface area contributed by atoms with Crippen LogP contribution in [0.4, 0.5) is 5.82 Å². The second-order valence-corrected chi connectivity index (χ2v) is 3.43. The van der Waals surface area contributed by atoms with Crippen LogP contribution in [0.2, 0.25) is 0 Å². The van der Waals surface area contributed by atoms with Crippen molar-refractivity contribution in [3.8, 4) is 6.07 Å². The molecule has 0 saturated carbocycles. The zero-order valence-electron chi connectivity index (χ0n) is 9.84. The van der Waals surface area contributed by atoms with Crippen molar-refractivity contribution in [1.82, 2.24) is 9.97 Å². The van der Waals surface area contributed by atoms with E-state index in [0.717, 1.165) is 6.54 Å². The van der Waals surface area contributed by atoms with E-state index < -0.39 is 0 Å². The van der Waals surface area contributed by atoms with E-state index in [0.29, 0.717) is 18.1 Å². The van der Waals surface area contributed by atoms with Crippen LogP contribution in [0.5, 0.6) is 0 Å². The average Bonchev–Trinajstić information content (AvgIpc) is 2.31. The Labute approximate surface area is 95.7 Å². The third-order valence-corrected chi connectivity index (χ3v) is 2.34. The Balaban J connectivity index is 2.99. The molecule has 0 bridgehead atoms. The predicted molar refractivity (Wildman–Crippen MR) is 61.1 cm³/mol. The van der Waals surface area contributed by atoms with E-state index >= 15 is 0 Å². The first kappa shape index (κ1) is 12.4. The van der Waals surface area contributed by atoms with Crippen molar-refractivity contribution in [2.75, 3.05) is 25.2 Å². The van der Waals surface area contributed by atoms with Gasteiger partial charge in [-0.3, -0.25) is 0 Å². The van der Waals surface area contributed by atoms with Gasteiger partial charge in [0.25, 0.3) is 0 Å². The number of anilines is 1. The number of ether oxygens (including phenoxy) is 1.